The number of halogens is 5. The van der Waals surface area contributed by atoms with E-state index in [2.05, 4.69) is 0 Å². The zero-order chi connectivity index (χ0) is 20.6. The second-order valence-corrected chi connectivity index (χ2v) is 7.52. The van der Waals surface area contributed by atoms with Crippen molar-refractivity contribution >= 4 is 21.4 Å². The van der Waals surface area contributed by atoms with Crippen LogP contribution >= 0.6 is 0 Å². The largest absolute Gasteiger partial charge is 0.426 e. The molecule has 0 aliphatic heterocycles. The Kier molecular flexibility index (Phi) is 5.30. The number of carbonyl (C=O) groups is 1. The minimum Gasteiger partial charge on any atom is -0.373 e. The summed E-state index contributed by atoms with van der Waals surface area (Å²) in [4.78, 5) is 10.2. The molecule has 0 saturated carbocycles. The predicted octanol–water partition coefficient (Wildman–Crippen LogP) is 3.05. The number of benzene rings is 2. The molecule has 2 rings (SSSR count). The van der Waals surface area contributed by atoms with Gasteiger partial charge < -0.3 is 10.4 Å². The number of amides is 1. The van der Waals surface area contributed by atoms with E-state index >= 15 is 0 Å². The summed E-state index contributed by atoms with van der Waals surface area (Å²) in [5.74, 6) is -4.42. The van der Waals surface area contributed by atoms with Crippen LogP contribution in [-0.2, 0) is 14.6 Å². The first kappa shape index (κ1) is 20.8. The maximum Gasteiger partial charge on any atom is 0.426 e. The maximum absolute atomic E-state index is 14.1. The number of nitrogens with one attached hydrogen (secondary N) is 1. The number of aliphatic hydroxyl groups is 1. The molecular weight excluding hydrogens is 397 g/mol. The van der Waals surface area contributed by atoms with Gasteiger partial charge in [-0.3, -0.25) is 4.79 Å². The number of alkyl halides is 3. The molecule has 0 heterocycles. The molecule has 0 fully saturated rings. The summed E-state index contributed by atoms with van der Waals surface area (Å²) in [6.07, 6.45) is -5.32. The first-order chi connectivity index (χ1) is 12.3. The molecule has 27 heavy (non-hydrogen) atoms. The molecular formula is C16H12F5NO4S. The van der Waals surface area contributed by atoms with Crippen LogP contribution in [0.3, 0.4) is 0 Å². The molecule has 146 valence electrons. The highest BCUT2D eigenvalue weighted by molar-refractivity contribution is 7.91. The van der Waals surface area contributed by atoms with Gasteiger partial charge in [-0.25, -0.2) is 17.2 Å². The molecule has 0 saturated heterocycles. The van der Waals surface area contributed by atoms with Gasteiger partial charge >= 0.3 is 6.18 Å². The summed E-state index contributed by atoms with van der Waals surface area (Å²) in [5, 5.41) is 10.8. The van der Waals surface area contributed by atoms with Crippen LogP contribution in [-0.4, -0.2) is 31.2 Å². The van der Waals surface area contributed by atoms with E-state index in [4.69, 9.17) is 0 Å². The second-order valence-electron chi connectivity index (χ2n) is 5.60. The maximum atomic E-state index is 14.1. The van der Waals surface area contributed by atoms with E-state index in [-0.39, 0.29) is 6.92 Å². The van der Waals surface area contributed by atoms with Crippen molar-refractivity contribution in [3.05, 3.63) is 54.1 Å². The third-order valence-corrected chi connectivity index (χ3v) is 5.40. The minimum absolute atomic E-state index is 0.178. The highest BCUT2D eigenvalue weighted by Gasteiger charge is 2.55. The van der Waals surface area contributed by atoms with Gasteiger partial charge in [-0.2, -0.15) is 13.2 Å². The van der Waals surface area contributed by atoms with E-state index in [9.17, 15) is 40.3 Å². The molecule has 1 amide bonds. The van der Waals surface area contributed by atoms with E-state index in [0.29, 0.717) is 12.1 Å². The van der Waals surface area contributed by atoms with Crippen molar-refractivity contribution in [3.8, 4) is 0 Å². The molecule has 0 radical (unpaired) electrons. The van der Waals surface area contributed by atoms with E-state index in [1.165, 1.54) is 17.4 Å². The Morgan fingerprint density at radius 1 is 1.04 bits per heavy atom. The third kappa shape index (κ3) is 3.93. The van der Waals surface area contributed by atoms with Gasteiger partial charge in [0.05, 0.1) is 10.6 Å². The normalized spacial score (nSPS) is 14.5. The molecule has 11 heteroatoms. The molecule has 0 unspecified atom stereocenters. The fourth-order valence-corrected chi connectivity index (χ4v) is 3.27. The zero-order valence-electron chi connectivity index (χ0n) is 13.5. The summed E-state index contributed by atoms with van der Waals surface area (Å²) in [6, 6.07) is 6.23. The first-order valence-corrected chi connectivity index (χ1v) is 8.66. The van der Waals surface area contributed by atoms with E-state index < -0.39 is 54.6 Å². The zero-order valence-corrected chi connectivity index (χ0v) is 14.3. The van der Waals surface area contributed by atoms with Gasteiger partial charge in [0.1, 0.15) is 16.5 Å². The van der Waals surface area contributed by atoms with Gasteiger partial charge in [0.25, 0.3) is 5.91 Å². The number of hydrogen-bond donors (Lipinski definition) is 2. The minimum atomic E-state index is -5.32. The summed E-state index contributed by atoms with van der Waals surface area (Å²) in [6.45, 7) is 0.178. The van der Waals surface area contributed by atoms with Crippen LogP contribution in [0, 0.1) is 11.6 Å². The molecule has 0 aliphatic rings. The summed E-state index contributed by atoms with van der Waals surface area (Å²) >= 11 is 0. The van der Waals surface area contributed by atoms with E-state index in [1.54, 1.807) is 0 Å². The van der Waals surface area contributed by atoms with Crippen molar-refractivity contribution in [1.82, 2.24) is 0 Å². The molecule has 0 aliphatic carbocycles. The van der Waals surface area contributed by atoms with Crippen molar-refractivity contribution in [3.63, 3.8) is 0 Å². The number of anilines is 1. The molecule has 2 N–H and O–H groups in total. The molecule has 5 nitrogen and oxygen atoms in total. The average Bonchev–Trinajstić information content (AvgIpc) is 2.55. The number of rotatable bonds is 4. The summed E-state index contributed by atoms with van der Waals surface area (Å²) in [7, 11) is -4.45. The van der Waals surface area contributed by atoms with Gasteiger partial charge in [-0.1, -0.05) is 12.1 Å². The lowest BCUT2D eigenvalue weighted by atomic mass is 10.1. The van der Waals surface area contributed by atoms with Crippen LogP contribution in [0.15, 0.2) is 52.3 Å². The van der Waals surface area contributed by atoms with Gasteiger partial charge in [-0.05, 0) is 37.3 Å². The number of sulfone groups is 1. The van der Waals surface area contributed by atoms with Crippen LogP contribution < -0.4 is 5.32 Å². The Balaban J connectivity index is 2.37. The quantitative estimate of drug-likeness (QED) is 0.761. The lowest BCUT2D eigenvalue weighted by molar-refractivity contribution is -0.242. The van der Waals surface area contributed by atoms with Crippen LogP contribution in [0.5, 0.6) is 0 Å². The number of hydrogen-bond acceptors (Lipinski definition) is 4. The molecule has 0 bridgehead atoms. The lowest BCUT2D eigenvalue weighted by Crippen LogP contribution is -2.52. The molecule has 2 aromatic carbocycles. The third-order valence-electron chi connectivity index (χ3n) is 3.62. The van der Waals surface area contributed by atoms with Crippen LogP contribution in [0.2, 0.25) is 0 Å². The van der Waals surface area contributed by atoms with Gasteiger partial charge in [0.2, 0.25) is 15.4 Å². The molecule has 1 atom stereocenters. The van der Waals surface area contributed by atoms with Crippen molar-refractivity contribution in [2.75, 3.05) is 5.32 Å². The van der Waals surface area contributed by atoms with Crippen molar-refractivity contribution in [1.29, 1.82) is 0 Å². The summed E-state index contributed by atoms with van der Waals surface area (Å²) < 4.78 is 90.3. The number of carbonyl (C=O) groups excluding carboxylic acids is 1. The van der Waals surface area contributed by atoms with Gasteiger partial charge in [0, 0.05) is 0 Å². The Hall–Kier alpha value is -2.53. The van der Waals surface area contributed by atoms with Crippen LogP contribution in [0.4, 0.5) is 27.6 Å². The fraction of sp³-hybridized carbons (Fsp3) is 0.188. The smallest absolute Gasteiger partial charge is 0.373 e. The molecule has 0 spiro atoms. The van der Waals surface area contributed by atoms with Crippen LogP contribution in [0.25, 0.3) is 0 Å². The van der Waals surface area contributed by atoms with E-state index in [0.717, 1.165) is 18.2 Å². The van der Waals surface area contributed by atoms with Crippen molar-refractivity contribution in [2.45, 2.75) is 28.5 Å². The lowest BCUT2D eigenvalue weighted by Gasteiger charge is -2.25. The monoisotopic (exact) mass is 409 g/mol. The van der Waals surface area contributed by atoms with Gasteiger partial charge in [-0.15, -0.1) is 0 Å². The molecule has 2 aromatic rings. The Morgan fingerprint density at radius 3 is 2.15 bits per heavy atom. The Labute approximate surface area is 150 Å². The van der Waals surface area contributed by atoms with Gasteiger partial charge in [0.15, 0.2) is 0 Å². The fourth-order valence-electron chi connectivity index (χ4n) is 1.93. The first-order valence-electron chi connectivity index (χ1n) is 7.18. The predicted molar refractivity (Wildman–Crippen MR) is 83.6 cm³/mol. The Bertz CT molecular complexity index is 987. The SMILES string of the molecule is C[C@@](O)(C(=O)Nc1ccc(S(=O)(=O)c2ccccc2F)cc1F)C(F)(F)F. The van der Waals surface area contributed by atoms with Crippen molar-refractivity contribution < 1.29 is 40.3 Å². The highest BCUT2D eigenvalue weighted by atomic mass is 32.2. The summed E-state index contributed by atoms with van der Waals surface area (Å²) in [5.41, 5.74) is -4.59. The average molecular weight is 409 g/mol. The second kappa shape index (κ2) is 6.89. The standard InChI is InChI=1S/C16H12F5NO4S/c1-15(24,16(19,20)21)14(23)22-12-7-6-9(8-11(12)18)27(25,26)13-5-3-2-4-10(13)17/h2-8,24H,1H3,(H,22,23)/t15-/m1/s1. The van der Waals surface area contributed by atoms with Crippen LogP contribution in [0.1, 0.15) is 6.92 Å². The topological polar surface area (TPSA) is 83.5 Å². The highest BCUT2D eigenvalue weighted by Crippen LogP contribution is 2.32. The Morgan fingerprint density at radius 2 is 1.63 bits per heavy atom. The van der Waals surface area contributed by atoms with E-state index in [1.807, 2.05) is 0 Å². The van der Waals surface area contributed by atoms with Crippen molar-refractivity contribution in [2.24, 2.45) is 0 Å². The molecule has 0 aromatic heterocycles.